The molecule has 2 aliphatic rings. The van der Waals surface area contributed by atoms with Gasteiger partial charge < -0.3 is 10.2 Å². The Hall–Kier alpha value is -0.120. The molecule has 0 saturated heterocycles. The second-order valence-electron chi connectivity index (χ2n) is 5.77. The molecule has 2 aliphatic carbocycles. The molecule has 16 heavy (non-hydrogen) atoms. The molecule has 3 heteroatoms. The van der Waals surface area contributed by atoms with Gasteiger partial charge in [0.1, 0.15) is 0 Å². The van der Waals surface area contributed by atoms with Crippen LogP contribution in [-0.4, -0.2) is 46.5 Å². The Bertz CT molecular complexity index is 226. The van der Waals surface area contributed by atoms with Crippen LogP contribution < -0.4 is 0 Å². The topological polar surface area (TPSA) is 43.7 Å². The fraction of sp³-hybridized carbons (Fsp3) is 1.00. The van der Waals surface area contributed by atoms with Crippen LogP contribution >= 0.6 is 0 Å². The minimum absolute atomic E-state index is 0.191. The number of aliphatic hydroxyl groups excluding tert-OH is 1. The van der Waals surface area contributed by atoms with Gasteiger partial charge in [0.15, 0.2) is 0 Å². The number of hydrogen-bond donors (Lipinski definition) is 2. The quantitative estimate of drug-likeness (QED) is 0.768. The molecule has 2 saturated carbocycles. The Labute approximate surface area is 98.5 Å². The lowest BCUT2D eigenvalue weighted by atomic mass is 9.90. The van der Waals surface area contributed by atoms with Gasteiger partial charge in [-0.05, 0) is 32.7 Å². The molecule has 94 valence electrons. The van der Waals surface area contributed by atoms with Crippen LogP contribution in [0, 0.1) is 0 Å². The van der Waals surface area contributed by atoms with Gasteiger partial charge in [0.05, 0.1) is 11.7 Å². The first kappa shape index (κ1) is 12.3. The monoisotopic (exact) mass is 227 g/mol. The molecule has 0 aromatic rings. The zero-order valence-corrected chi connectivity index (χ0v) is 10.4. The number of aliphatic hydroxyl groups is 2. The first-order chi connectivity index (χ1) is 7.61. The highest BCUT2D eigenvalue weighted by Crippen LogP contribution is 2.32. The lowest BCUT2D eigenvalue weighted by Crippen LogP contribution is -2.49. The summed E-state index contributed by atoms with van der Waals surface area (Å²) in [4.78, 5) is 2.19. The molecule has 2 atom stereocenters. The highest BCUT2D eigenvalue weighted by molar-refractivity contribution is 4.90. The van der Waals surface area contributed by atoms with Crippen LogP contribution in [0.2, 0.25) is 0 Å². The summed E-state index contributed by atoms with van der Waals surface area (Å²) in [5.41, 5.74) is -0.480. The van der Waals surface area contributed by atoms with Crippen molar-refractivity contribution in [1.29, 1.82) is 0 Å². The standard InChI is InChI=1S/C13H25NO2/c1-14(10-13(16)8-4-5-9-13)11-6-2-3-7-12(11)15/h11-12,15-16H,2-10H2,1H3/t11-,12-/m0/s1. The highest BCUT2D eigenvalue weighted by atomic mass is 16.3. The Balaban J connectivity index is 1.88. The molecular weight excluding hydrogens is 202 g/mol. The Morgan fingerprint density at radius 3 is 2.38 bits per heavy atom. The van der Waals surface area contributed by atoms with Gasteiger partial charge in [0.25, 0.3) is 0 Å². The van der Waals surface area contributed by atoms with E-state index in [1.807, 2.05) is 0 Å². The molecule has 3 nitrogen and oxygen atoms in total. The molecule has 0 heterocycles. The van der Waals surface area contributed by atoms with Crippen molar-refractivity contribution in [3.8, 4) is 0 Å². The Kier molecular flexibility index (Phi) is 3.88. The number of nitrogens with zero attached hydrogens (tertiary/aromatic N) is 1. The van der Waals surface area contributed by atoms with Crippen LogP contribution in [0.3, 0.4) is 0 Å². The maximum absolute atomic E-state index is 10.4. The van der Waals surface area contributed by atoms with Crippen molar-refractivity contribution in [3.05, 3.63) is 0 Å². The van der Waals surface area contributed by atoms with E-state index in [1.54, 1.807) is 0 Å². The fourth-order valence-corrected chi connectivity index (χ4v) is 3.38. The smallest absolute Gasteiger partial charge is 0.0774 e. The largest absolute Gasteiger partial charge is 0.391 e. The second-order valence-corrected chi connectivity index (χ2v) is 5.77. The van der Waals surface area contributed by atoms with E-state index in [-0.39, 0.29) is 12.1 Å². The predicted octanol–water partition coefficient (Wildman–Crippen LogP) is 1.53. The molecule has 0 aromatic carbocycles. The van der Waals surface area contributed by atoms with Gasteiger partial charge >= 0.3 is 0 Å². The average molecular weight is 227 g/mol. The van der Waals surface area contributed by atoms with Crippen LogP contribution in [0.15, 0.2) is 0 Å². The summed E-state index contributed by atoms with van der Waals surface area (Å²) in [5, 5.41) is 20.3. The van der Waals surface area contributed by atoms with Crippen LogP contribution in [0.4, 0.5) is 0 Å². The maximum atomic E-state index is 10.4. The van der Waals surface area contributed by atoms with Crippen molar-refractivity contribution in [2.45, 2.75) is 69.1 Å². The number of rotatable bonds is 3. The fourth-order valence-electron chi connectivity index (χ4n) is 3.38. The van der Waals surface area contributed by atoms with Crippen molar-refractivity contribution in [3.63, 3.8) is 0 Å². The summed E-state index contributed by atoms with van der Waals surface area (Å²) in [6.45, 7) is 0.731. The lowest BCUT2D eigenvalue weighted by molar-refractivity contribution is -0.0294. The third kappa shape index (κ3) is 2.76. The molecular formula is C13H25NO2. The van der Waals surface area contributed by atoms with Gasteiger partial charge in [-0.3, -0.25) is 4.90 Å². The normalized spacial score (nSPS) is 34.5. The molecule has 0 radical (unpaired) electrons. The lowest BCUT2D eigenvalue weighted by Gasteiger charge is -2.38. The summed E-state index contributed by atoms with van der Waals surface area (Å²) >= 11 is 0. The van der Waals surface area contributed by atoms with Crippen LogP contribution in [0.25, 0.3) is 0 Å². The second kappa shape index (κ2) is 5.03. The maximum Gasteiger partial charge on any atom is 0.0774 e. The molecule has 0 bridgehead atoms. The predicted molar refractivity (Wildman–Crippen MR) is 64.3 cm³/mol. The van der Waals surface area contributed by atoms with E-state index in [2.05, 4.69) is 11.9 Å². The van der Waals surface area contributed by atoms with Gasteiger partial charge in [-0.2, -0.15) is 0 Å². The van der Waals surface area contributed by atoms with Crippen LogP contribution in [0.5, 0.6) is 0 Å². The van der Waals surface area contributed by atoms with E-state index < -0.39 is 5.60 Å². The summed E-state index contributed by atoms with van der Waals surface area (Å²) in [6.07, 6.45) is 8.33. The third-order valence-electron chi connectivity index (χ3n) is 4.34. The summed E-state index contributed by atoms with van der Waals surface area (Å²) in [5.74, 6) is 0. The Morgan fingerprint density at radius 1 is 1.12 bits per heavy atom. The van der Waals surface area contributed by atoms with E-state index in [4.69, 9.17) is 0 Å². The minimum atomic E-state index is -0.480. The van der Waals surface area contributed by atoms with E-state index in [9.17, 15) is 10.2 Å². The van der Waals surface area contributed by atoms with Crippen LogP contribution in [0.1, 0.15) is 51.4 Å². The summed E-state index contributed by atoms with van der Waals surface area (Å²) in [7, 11) is 2.05. The molecule has 0 unspecified atom stereocenters. The van der Waals surface area contributed by atoms with E-state index in [0.29, 0.717) is 0 Å². The minimum Gasteiger partial charge on any atom is -0.391 e. The first-order valence-electron chi connectivity index (χ1n) is 6.71. The molecule has 0 amide bonds. The van der Waals surface area contributed by atoms with Gasteiger partial charge in [0, 0.05) is 12.6 Å². The van der Waals surface area contributed by atoms with E-state index >= 15 is 0 Å². The van der Waals surface area contributed by atoms with E-state index in [0.717, 1.165) is 51.5 Å². The number of hydrogen-bond acceptors (Lipinski definition) is 3. The van der Waals surface area contributed by atoms with Gasteiger partial charge in [-0.25, -0.2) is 0 Å². The molecule has 0 aliphatic heterocycles. The van der Waals surface area contributed by atoms with Crippen molar-refractivity contribution in [1.82, 2.24) is 4.90 Å². The van der Waals surface area contributed by atoms with Gasteiger partial charge in [-0.1, -0.05) is 25.7 Å². The molecule has 2 fully saturated rings. The van der Waals surface area contributed by atoms with Gasteiger partial charge in [0.2, 0.25) is 0 Å². The van der Waals surface area contributed by atoms with Gasteiger partial charge in [-0.15, -0.1) is 0 Å². The van der Waals surface area contributed by atoms with E-state index in [1.165, 1.54) is 6.42 Å². The SMILES string of the molecule is CN(CC1(O)CCCC1)[C@H]1CCCC[C@@H]1O. The third-order valence-corrected chi connectivity index (χ3v) is 4.34. The van der Waals surface area contributed by atoms with Crippen molar-refractivity contribution in [2.75, 3.05) is 13.6 Å². The summed E-state index contributed by atoms with van der Waals surface area (Å²) in [6, 6.07) is 0.262. The molecule has 2 N–H and O–H groups in total. The molecule has 0 spiro atoms. The van der Waals surface area contributed by atoms with Crippen molar-refractivity contribution >= 4 is 0 Å². The molecule has 0 aromatic heterocycles. The zero-order chi connectivity index (χ0) is 11.6. The highest BCUT2D eigenvalue weighted by Gasteiger charge is 2.35. The average Bonchev–Trinajstić information content (AvgIpc) is 2.65. The van der Waals surface area contributed by atoms with Crippen molar-refractivity contribution < 1.29 is 10.2 Å². The first-order valence-corrected chi connectivity index (χ1v) is 6.71. The number of likely N-dealkylation sites (N-methyl/N-ethyl adjacent to an activating group) is 1. The Morgan fingerprint density at radius 2 is 1.75 bits per heavy atom. The van der Waals surface area contributed by atoms with Crippen molar-refractivity contribution in [2.24, 2.45) is 0 Å². The summed E-state index contributed by atoms with van der Waals surface area (Å²) < 4.78 is 0. The van der Waals surface area contributed by atoms with Crippen LogP contribution in [-0.2, 0) is 0 Å². The zero-order valence-electron chi connectivity index (χ0n) is 10.4. The molecule has 2 rings (SSSR count).